The molecule has 0 atom stereocenters. The summed E-state index contributed by atoms with van der Waals surface area (Å²) in [7, 11) is 0. The number of ketones is 1. The van der Waals surface area contributed by atoms with E-state index >= 15 is 0 Å². The lowest BCUT2D eigenvalue weighted by atomic mass is 10.1. The molecule has 0 unspecified atom stereocenters. The maximum absolute atomic E-state index is 12.1. The van der Waals surface area contributed by atoms with Gasteiger partial charge >= 0.3 is 0 Å². The molecule has 0 spiro atoms. The highest BCUT2D eigenvalue weighted by Crippen LogP contribution is 2.25. The Hall–Kier alpha value is -2.88. The Balaban J connectivity index is 2.01. The van der Waals surface area contributed by atoms with E-state index in [0.717, 1.165) is 29.0 Å². The number of carbonyl (C=O) groups excluding carboxylic acids is 1. The highest BCUT2D eigenvalue weighted by molar-refractivity contribution is 5.97. The molecule has 0 aliphatic heterocycles. The van der Waals surface area contributed by atoms with Crippen molar-refractivity contribution in [2.45, 2.75) is 27.3 Å². The van der Waals surface area contributed by atoms with Gasteiger partial charge in [0.05, 0.1) is 23.3 Å². The van der Waals surface area contributed by atoms with Crippen molar-refractivity contribution in [2.24, 2.45) is 0 Å². The van der Waals surface area contributed by atoms with Gasteiger partial charge in [-0.1, -0.05) is 42.0 Å². The van der Waals surface area contributed by atoms with E-state index in [1.807, 2.05) is 29.5 Å². The van der Waals surface area contributed by atoms with Crippen molar-refractivity contribution < 1.29 is 4.79 Å². The van der Waals surface area contributed by atoms with E-state index < -0.39 is 0 Å². The van der Waals surface area contributed by atoms with Gasteiger partial charge in [-0.2, -0.15) is 0 Å². The molecule has 4 heteroatoms. The van der Waals surface area contributed by atoms with Crippen LogP contribution in [-0.4, -0.2) is 19.7 Å². The first-order valence-electron chi connectivity index (χ1n) is 8.09. The zero-order chi connectivity index (χ0) is 16.8. The first-order chi connectivity index (χ1) is 11.6. The minimum atomic E-state index is 0.0400. The maximum atomic E-state index is 12.1. The van der Waals surface area contributed by atoms with Gasteiger partial charge in [-0.25, -0.2) is 4.98 Å². The first kappa shape index (κ1) is 14.7. The monoisotopic (exact) mass is 317 g/mol. The average molecular weight is 317 g/mol. The molecule has 0 fully saturated rings. The molecular formula is C20H19N3O. The number of hydrogen-bond acceptors (Lipinski definition) is 2. The van der Waals surface area contributed by atoms with Gasteiger partial charge in [0.15, 0.2) is 5.78 Å². The SMILES string of the molecule is CC(=O)c1c(C)nc2n(Cc3ccc(C)cc3)c3ccccc3n12. The summed E-state index contributed by atoms with van der Waals surface area (Å²) in [5.41, 5.74) is 6.02. The molecule has 0 radical (unpaired) electrons. The van der Waals surface area contributed by atoms with Crippen LogP contribution >= 0.6 is 0 Å². The number of fused-ring (bicyclic) bond motifs is 3. The Labute approximate surface area is 140 Å². The number of rotatable bonds is 3. The van der Waals surface area contributed by atoms with E-state index in [2.05, 4.69) is 41.8 Å². The zero-order valence-electron chi connectivity index (χ0n) is 14.1. The van der Waals surface area contributed by atoms with Crippen LogP contribution in [0.1, 0.15) is 34.2 Å². The third kappa shape index (κ3) is 2.14. The molecule has 4 rings (SSSR count). The third-order valence-electron chi connectivity index (χ3n) is 4.48. The fraction of sp³-hybridized carbons (Fsp3) is 0.200. The van der Waals surface area contributed by atoms with Crippen LogP contribution < -0.4 is 0 Å². The van der Waals surface area contributed by atoms with E-state index in [4.69, 9.17) is 4.98 Å². The number of carbonyl (C=O) groups is 1. The van der Waals surface area contributed by atoms with Gasteiger partial charge in [0.25, 0.3) is 0 Å². The lowest BCUT2D eigenvalue weighted by molar-refractivity contribution is 0.101. The van der Waals surface area contributed by atoms with Gasteiger partial charge in [0, 0.05) is 6.92 Å². The number of aromatic nitrogens is 3. The second-order valence-electron chi connectivity index (χ2n) is 6.30. The van der Waals surface area contributed by atoms with Crippen LogP contribution in [0.25, 0.3) is 16.8 Å². The van der Waals surface area contributed by atoms with Gasteiger partial charge < -0.3 is 4.57 Å². The molecule has 24 heavy (non-hydrogen) atoms. The normalized spacial score (nSPS) is 11.5. The summed E-state index contributed by atoms with van der Waals surface area (Å²) in [5, 5.41) is 0. The van der Waals surface area contributed by atoms with Crippen molar-refractivity contribution in [1.82, 2.24) is 14.0 Å². The molecule has 4 nitrogen and oxygen atoms in total. The van der Waals surface area contributed by atoms with Gasteiger partial charge in [-0.05, 0) is 31.5 Å². The van der Waals surface area contributed by atoms with Crippen LogP contribution in [0.3, 0.4) is 0 Å². The molecule has 120 valence electrons. The molecule has 2 heterocycles. The van der Waals surface area contributed by atoms with Gasteiger partial charge in [-0.15, -0.1) is 0 Å². The Morgan fingerprint density at radius 3 is 2.33 bits per heavy atom. The Kier molecular flexibility index (Phi) is 3.27. The summed E-state index contributed by atoms with van der Waals surface area (Å²) in [6, 6.07) is 16.7. The third-order valence-corrected chi connectivity index (χ3v) is 4.48. The number of nitrogens with zero attached hydrogens (tertiary/aromatic N) is 3. The zero-order valence-corrected chi connectivity index (χ0v) is 14.1. The molecule has 0 saturated heterocycles. The number of imidazole rings is 2. The van der Waals surface area contributed by atoms with E-state index in [1.165, 1.54) is 11.1 Å². The highest BCUT2D eigenvalue weighted by Gasteiger charge is 2.20. The topological polar surface area (TPSA) is 39.3 Å². The molecule has 0 amide bonds. The lowest BCUT2D eigenvalue weighted by Gasteiger charge is -2.06. The van der Waals surface area contributed by atoms with Crippen molar-refractivity contribution in [3.8, 4) is 0 Å². The standard InChI is InChI=1S/C20H19N3O/c1-13-8-10-16(11-9-13)12-22-17-6-4-5-7-18(17)23-19(15(3)24)14(2)21-20(22)23/h4-11H,12H2,1-3H3. The second kappa shape index (κ2) is 5.34. The van der Waals surface area contributed by atoms with Crippen molar-refractivity contribution in [1.29, 1.82) is 0 Å². The summed E-state index contributed by atoms with van der Waals surface area (Å²) < 4.78 is 4.17. The largest absolute Gasteiger partial charge is 0.305 e. The summed E-state index contributed by atoms with van der Waals surface area (Å²) in [6.07, 6.45) is 0. The smallest absolute Gasteiger partial charge is 0.216 e. The van der Waals surface area contributed by atoms with Gasteiger partial charge in [-0.3, -0.25) is 9.20 Å². The van der Waals surface area contributed by atoms with Crippen LogP contribution in [0, 0.1) is 13.8 Å². The number of aryl methyl sites for hydroxylation is 2. The second-order valence-corrected chi connectivity index (χ2v) is 6.30. The fourth-order valence-corrected chi connectivity index (χ4v) is 3.36. The fourth-order valence-electron chi connectivity index (χ4n) is 3.36. The van der Waals surface area contributed by atoms with E-state index in [9.17, 15) is 4.79 Å². The molecule has 0 aliphatic rings. The van der Waals surface area contributed by atoms with Crippen molar-refractivity contribution in [3.63, 3.8) is 0 Å². The molecule has 0 N–H and O–H groups in total. The Bertz CT molecular complexity index is 1070. The van der Waals surface area contributed by atoms with Crippen LogP contribution in [0.4, 0.5) is 0 Å². The number of para-hydroxylation sites is 2. The van der Waals surface area contributed by atoms with Crippen molar-refractivity contribution in [3.05, 3.63) is 71.0 Å². The summed E-state index contributed by atoms with van der Waals surface area (Å²) in [4.78, 5) is 16.8. The van der Waals surface area contributed by atoms with E-state index in [1.54, 1.807) is 6.92 Å². The summed E-state index contributed by atoms with van der Waals surface area (Å²) in [5.74, 6) is 0.859. The summed E-state index contributed by atoms with van der Waals surface area (Å²) >= 11 is 0. The summed E-state index contributed by atoms with van der Waals surface area (Å²) in [6.45, 7) is 6.31. The van der Waals surface area contributed by atoms with Crippen LogP contribution in [0.5, 0.6) is 0 Å². The lowest BCUT2D eigenvalue weighted by Crippen LogP contribution is -2.01. The molecule has 0 aliphatic carbocycles. The molecular weight excluding hydrogens is 298 g/mol. The number of Topliss-reactive ketones (excluding diaryl/α,β-unsaturated/α-hetero) is 1. The van der Waals surface area contributed by atoms with E-state index in [0.29, 0.717) is 5.69 Å². The predicted molar refractivity (Wildman–Crippen MR) is 95.7 cm³/mol. The van der Waals surface area contributed by atoms with Gasteiger partial charge in [0.1, 0.15) is 5.69 Å². The van der Waals surface area contributed by atoms with Crippen LogP contribution in [-0.2, 0) is 6.54 Å². The minimum Gasteiger partial charge on any atom is -0.305 e. The Morgan fingerprint density at radius 2 is 1.67 bits per heavy atom. The molecule has 4 aromatic rings. The predicted octanol–water partition coefficient (Wildman–Crippen LogP) is 4.16. The van der Waals surface area contributed by atoms with Crippen LogP contribution in [0.2, 0.25) is 0 Å². The molecule has 2 aromatic heterocycles. The Morgan fingerprint density at radius 1 is 1.00 bits per heavy atom. The van der Waals surface area contributed by atoms with Crippen molar-refractivity contribution in [2.75, 3.05) is 0 Å². The molecule has 0 saturated carbocycles. The van der Waals surface area contributed by atoms with Crippen molar-refractivity contribution >= 4 is 22.6 Å². The average Bonchev–Trinajstić information content (AvgIpc) is 3.04. The highest BCUT2D eigenvalue weighted by atomic mass is 16.1. The quantitative estimate of drug-likeness (QED) is 0.532. The van der Waals surface area contributed by atoms with E-state index in [-0.39, 0.29) is 5.78 Å². The number of benzene rings is 2. The van der Waals surface area contributed by atoms with Gasteiger partial charge in [0.2, 0.25) is 5.78 Å². The molecule has 0 bridgehead atoms. The molecule has 2 aromatic carbocycles. The minimum absolute atomic E-state index is 0.0400. The van der Waals surface area contributed by atoms with Crippen LogP contribution in [0.15, 0.2) is 48.5 Å². The number of hydrogen-bond donors (Lipinski definition) is 0. The maximum Gasteiger partial charge on any atom is 0.216 e. The first-order valence-corrected chi connectivity index (χ1v) is 8.09.